The molecule has 0 aromatic heterocycles. The molecule has 346 valence electrons. The topological polar surface area (TPSA) is 102 Å². The molecule has 0 spiro atoms. The van der Waals surface area contributed by atoms with E-state index >= 15 is 0 Å². The Kier molecular flexibility index (Phi) is 20.7. The third-order valence-corrected chi connectivity index (χ3v) is 13.1. The number of benzene rings is 3. The van der Waals surface area contributed by atoms with Gasteiger partial charge >= 0.3 is 11.9 Å². The minimum atomic E-state index is -0.674. The molecule has 0 saturated heterocycles. The van der Waals surface area contributed by atoms with Crippen molar-refractivity contribution in [2.75, 3.05) is 33.0 Å². The van der Waals surface area contributed by atoms with Crippen molar-refractivity contribution >= 4 is 11.9 Å². The molecule has 0 bridgehead atoms. The maximum Gasteiger partial charge on any atom is 0.333 e. The summed E-state index contributed by atoms with van der Waals surface area (Å²) in [7, 11) is 0. The predicted molar refractivity (Wildman–Crippen MR) is 259 cm³/mol. The van der Waals surface area contributed by atoms with Crippen LogP contribution < -0.4 is 4.74 Å². The fourth-order valence-electron chi connectivity index (χ4n) is 8.83. The van der Waals surface area contributed by atoms with Crippen LogP contribution >= 0.6 is 0 Å². The molecule has 1 aliphatic rings. The molecule has 0 radical (unpaired) electrons. The van der Waals surface area contributed by atoms with Crippen LogP contribution in [0.4, 0.5) is 0 Å². The second-order valence-electron chi connectivity index (χ2n) is 19.7. The number of unbranched alkanes of at least 4 members (excludes halogenated alkanes) is 2. The van der Waals surface area contributed by atoms with Gasteiger partial charge in [-0.05, 0) is 165 Å². The van der Waals surface area contributed by atoms with Crippen LogP contribution in [0, 0.1) is 16.7 Å². The minimum absolute atomic E-state index is 0.0559. The van der Waals surface area contributed by atoms with Gasteiger partial charge in [-0.15, -0.1) is 0 Å². The fraction of sp³-hybridized carbons (Fsp3) is 0.571. The van der Waals surface area contributed by atoms with E-state index in [0.717, 1.165) is 46.8 Å². The maximum atomic E-state index is 12.3. The van der Waals surface area contributed by atoms with Gasteiger partial charge in [0.05, 0.1) is 33.0 Å². The highest BCUT2D eigenvalue weighted by atomic mass is 16.5. The Bertz CT molecular complexity index is 1870. The molecule has 1 aliphatic carbocycles. The number of rotatable bonds is 26. The Morgan fingerprint density at radius 3 is 1.73 bits per heavy atom. The molecule has 2 N–H and O–H groups in total. The Hall–Kier alpha value is -4.20. The number of esters is 2. The molecule has 63 heavy (non-hydrogen) atoms. The van der Waals surface area contributed by atoms with Crippen LogP contribution in [0.25, 0.3) is 22.3 Å². The van der Waals surface area contributed by atoms with Crippen LogP contribution in [0.2, 0.25) is 0 Å². The van der Waals surface area contributed by atoms with E-state index in [9.17, 15) is 19.8 Å². The van der Waals surface area contributed by atoms with Crippen molar-refractivity contribution in [2.24, 2.45) is 16.7 Å². The van der Waals surface area contributed by atoms with Gasteiger partial charge in [0.1, 0.15) is 5.75 Å². The van der Waals surface area contributed by atoms with Gasteiger partial charge in [-0.2, -0.15) is 0 Å². The van der Waals surface area contributed by atoms with Crippen molar-refractivity contribution < 1.29 is 34.0 Å². The second kappa shape index (κ2) is 25.3. The molecule has 7 heteroatoms. The number of carbonyl (C=O) groups is 2. The second-order valence-corrected chi connectivity index (χ2v) is 19.7. The van der Waals surface area contributed by atoms with Crippen LogP contribution in [0.5, 0.6) is 5.75 Å². The maximum absolute atomic E-state index is 12.3. The van der Waals surface area contributed by atoms with Crippen molar-refractivity contribution in [3.63, 3.8) is 0 Å². The normalized spacial score (nSPS) is 15.5. The Balaban J connectivity index is 1.66. The highest BCUT2D eigenvalue weighted by molar-refractivity contribution is 5.87. The molecular formula is C56H80O7. The number of ether oxygens (including phenoxy) is 3. The number of hydrogen-bond donors (Lipinski definition) is 2. The van der Waals surface area contributed by atoms with E-state index in [1.54, 1.807) is 13.8 Å². The van der Waals surface area contributed by atoms with Crippen LogP contribution in [0.15, 0.2) is 78.9 Å². The zero-order valence-electron chi connectivity index (χ0n) is 40.0. The van der Waals surface area contributed by atoms with Gasteiger partial charge in [0, 0.05) is 16.6 Å². The van der Waals surface area contributed by atoms with Crippen LogP contribution in [-0.2, 0) is 38.3 Å². The molecule has 0 aliphatic heterocycles. The lowest BCUT2D eigenvalue weighted by Gasteiger charge is -2.33. The van der Waals surface area contributed by atoms with Gasteiger partial charge in [-0.3, -0.25) is 0 Å². The molecule has 0 amide bonds. The number of aliphatic hydroxyl groups is 2. The highest BCUT2D eigenvalue weighted by Crippen LogP contribution is 2.40. The molecule has 0 atom stereocenters. The van der Waals surface area contributed by atoms with Crippen LogP contribution in [0.3, 0.4) is 0 Å². The lowest BCUT2D eigenvalue weighted by atomic mass is 9.76. The molecule has 1 fully saturated rings. The van der Waals surface area contributed by atoms with E-state index in [0.29, 0.717) is 62.2 Å². The molecule has 4 rings (SSSR count). The largest absolute Gasteiger partial charge is 0.493 e. The first-order valence-electron chi connectivity index (χ1n) is 24.0. The molecule has 0 heterocycles. The molecule has 1 saturated carbocycles. The van der Waals surface area contributed by atoms with Gasteiger partial charge < -0.3 is 24.4 Å². The summed E-state index contributed by atoms with van der Waals surface area (Å²) in [4.78, 5) is 24.5. The van der Waals surface area contributed by atoms with E-state index in [-0.39, 0.29) is 31.8 Å². The van der Waals surface area contributed by atoms with E-state index in [4.69, 9.17) is 14.2 Å². The quantitative estimate of drug-likeness (QED) is 0.0471. The Morgan fingerprint density at radius 2 is 1.22 bits per heavy atom. The molecule has 3 aromatic rings. The van der Waals surface area contributed by atoms with Crippen molar-refractivity contribution in [3.8, 4) is 28.0 Å². The number of aryl methyl sites for hydroxylation is 3. The fourth-order valence-corrected chi connectivity index (χ4v) is 8.83. The lowest BCUT2D eigenvalue weighted by molar-refractivity contribution is -0.139. The Labute approximate surface area is 380 Å². The molecule has 0 unspecified atom stereocenters. The average Bonchev–Trinajstić information content (AvgIpc) is 3.27. The van der Waals surface area contributed by atoms with E-state index in [2.05, 4.69) is 102 Å². The summed E-state index contributed by atoms with van der Waals surface area (Å²) in [6.07, 6.45) is 15.9. The van der Waals surface area contributed by atoms with Crippen LogP contribution in [0.1, 0.15) is 160 Å². The molecule has 7 nitrogen and oxygen atoms in total. The van der Waals surface area contributed by atoms with E-state index < -0.39 is 17.4 Å². The third kappa shape index (κ3) is 16.1. The van der Waals surface area contributed by atoms with Gasteiger partial charge in [-0.1, -0.05) is 116 Å². The molecule has 3 aromatic carbocycles. The lowest BCUT2D eigenvalue weighted by Crippen LogP contribution is -2.33. The van der Waals surface area contributed by atoms with Crippen molar-refractivity contribution in [1.29, 1.82) is 0 Å². The summed E-state index contributed by atoms with van der Waals surface area (Å²) in [6.45, 7) is 22.2. The summed E-state index contributed by atoms with van der Waals surface area (Å²) in [5.41, 5.74) is 9.41. The first-order valence-corrected chi connectivity index (χ1v) is 24.0. The summed E-state index contributed by atoms with van der Waals surface area (Å²) in [5.74, 6) is 1.48. The number of carbonyl (C=O) groups excluding carboxylic acids is 2. The summed E-state index contributed by atoms with van der Waals surface area (Å²) < 4.78 is 17.7. The summed E-state index contributed by atoms with van der Waals surface area (Å²) in [5, 5.41) is 21.1. The van der Waals surface area contributed by atoms with E-state index in [1.807, 2.05) is 0 Å². The zero-order chi connectivity index (χ0) is 46.0. The SMILES string of the molecule is C=C(C)C(=O)OCCCc1cc(-c2ccc(-c3ccc(C4CCC(CCCCC)CC4)cc3)cc2CC)cc(CCCOC(=O)C(=C)C)c1OCCC(CO)(CO)CCC(C)(C)C. The van der Waals surface area contributed by atoms with Crippen molar-refractivity contribution in [3.05, 3.63) is 101 Å². The van der Waals surface area contributed by atoms with Gasteiger partial charge in [0.25, 0.3) is 0 Å². The smallest absolute Gasteiger partial charge is 0.333 e. The first-order chi connectivity index (χ1) is 30.1. The number of hydrogen-bond acceptors (Lipinski definition) is 7. The summed E-state index contributed by atoms with van der Waals surface area (Å²) >= 11 is 0. The monoisotopic (exact) mass is 865 g/mol. The predicted octanol–water partition coefficient (Wildman–Crippen LogP) is 13.1. The molecular weight excluding hydrogens is 785 g/mol. The number of aliphatic hydroxyl groups excluding tert-OH is 2. The van der Waals surface area contributed by atoms with Gasteiger partial charge in [0.15, 0.2) is 0 Å². The first kappa shape index (κ1) is 51.4. The van der Waals surface area contributed by atoms with Crippen molar-refractivity contribution in [2.45, 2.75) is 157 Å². The van der Waals surface area contributed by atoms with E-state index in [1.165, 1.54) is 73.6 Å². The van der Waals surface area contributed by atoms with Crippen molar-refractivity contribution in [1.82, 2.24) is 0 Å². The van der Waals surface area contributed by atoms with Gasteiger partial charge in [-0.25, -0.2) is 9.59 Å². The average molecular weight is 865 g/mol. The van der Waals surface area contributed by atoms with Gasteiger partial charge in [0.2, 0.25) is 0 Å². The zero-order valence-corrected chi connectivity index (χ0v) is 40.0. The Morgan fingerprint density at radius 1 is 0.667 bits per heavy atom. The minimum Gasteiger partial charge on any atom is -0.493 e. The highest BCUT2D eigenvalue weighted by Gasteiger charge is 2.31. The summed E-state index contributed by atoms with van der Waals surface area (Å²) in [6, 6.07) is 20.5. The third-order valence-electron chi connectivity index (χ3n) is 13.1. The standard InChI is InChI=1S/C56H80O7/c1-10-12-13-16-42-19-21-44(22-20-42)45-23-25-46(26-24-45)47-27-28-51(43(11-2)35-47)50-36-48(17-14-32-62-53(59)40(3)4)52(49(37-50)18-15-33-63-54(60)41(5)6)61-34-31-56(38-57,39-58)30-29-55(7,8)9/h23-28,35-37,42,44,57-58H,3,5,10-22,29-34,38-39H2,1-2,4,6-9H3. The van der Waals surface area contributed by atoms with Crippen LogP contribution in [-0.4, -0.2) is 55.2 Å².